The van der Waals surface area contributed by atoms with Crippen LogP contribution in [0.3, 0.4) is 0 Å². The summed E-state index contributed by atoms with van der Waals surface area (Å²) in [5, 5.41) is 0. The zero-order chi connectivity index (χ0) is 15.5. The number of nitrogens with one attached hydrogen (secondary N) is 1. The lowest BCUT2D eigenvalue weighted by Crippen LogP contribution is -2.42. The molecule has 1 aliphatic rings. The third kappa shape index (κ3) is 2.92. The van der Waals surface area contributed by atoms with Gasteiger partial charge in [-0.1, -0.05) is 23.8 Å². The molecule has 1 saturated heterocycles. The summed E-state index contributed by atoms with van der Waals surface area (Å²) in [5.41, 5.74) is 1.55. The van der Waals surface area contributed by atoms with Crippen molar-refractivity contribution in [2.75, 3.05) is 26.3 Å². The van der Waals surface area contributed by atoms with E-state index in [1.807, 2.05) is 31.2 Å². The molecular formula is C16H17N3O3. The van der Waals surface area contributed by atoms with Gasteiger partial charge in [0.1, 0.15) is 11.4 Å². The predicted octanol–water partition coefficient (Wildman–Crippen LogP) is 1.22. The van der Waals surface area contributed by atoms with Crippen LogP contribution in [0, 0.1) is 6.92 Å². The third-order valence-electron chi connectivity index (χ3n) is 3.62. The Kier molecular flexibility index (Phi) is 4.02. The Bertz CT molecular complexity index is 748. The molecule has 2 heterocycles. The number of carbonyl (C=O) groups is 1. The highest BCUT2D eigenvalue weighted by molar-refractivity contribution is 5.93. The molecule has 0 unspecified atom stereocenters. The summed E-state index contributed by atoms with van der Waals surface area (Å²) in [6.07, 6.45) is 1.36. The van der Waals surface area contributed by atoms with Gasteiger partial charge < -0.3 is 14.6 Å². The molecule has 1 amide bonds. The van der Waals surface area contributed by atoms with Gasteiger partial charge in [0, 0.05) is 24.8 Å². The minimum atomic E-state index is -0.414. The summed E-state index contributed by atoms with van der Waals surface area (Å²) in [7, 11) is 0. The molecule has 0 saturated carbocycles. The standard InChI is InChI=1S/C16H17N3O3/c1-11-3-2-4-12(9-11)14-17-10-13(15(20)18-14)16(21)19-5-7-22-8-6-19/h2-4,9-10H,5-8H2,1H3,(H,17,18,20). The van der Waals surface area contributed by atoms with Crippen LogP contribution in [0.1, 0.15) is 15.9 Å². The van der Waals surface area contributed by atoms with Crippen molar-refractivity contribution in [1.82, 2.24) is 14.9 Å². The zero-order valence-electron chi connectivity index (χ0n) is 12.3. The van der Waals surface area contributed by atoms with Crippen molar-refractivity contribution in [3.05, 3.63) is 51.9 Å². The summed E-state index contributed by atoms with van der Waals surface area (Å²) in [6, 6.07) is 7.67. The number of aromatic amines is 1. The highest BCUT2D eigenvalue weighted by Crippen LogP contribution is 2.15. The number of amides is 1. The molecule has 1 fully saturated rings. The van der Waals surface area contributed by atoms with E-state index in [-0.39, 0.29) is 11.5 Å². The van der Waals surface area contributed by atoms with Gasteiger partial charge in [0.05, 0.1) is 13.2 Å². The number of nitrogens with zero attached hydrogens (tertiary/aromatic N) is 2. The second kappa shape index (κ2) is 6.11. The summed E-state index contributed by atoms with van der Waals surface area (Å²) in [6.45, 7) is 3.96. The maximum atomic E-state index is 12.3. The van der Waals surface area contributed by atoms with Gasteiger partial charge >= 0.3 is 0 Å². The number of carbonyl (C=O) groups excluding carboxylic acids is 1. The van der Waals surface area contributed by atoms with Crippen LogP contribution < -0.4 is 5.56 Å². The fourth-order valence-corrected chi connectivity index (χ4v) is 2.42. The summed E-state index contributed by atoms with van der Waals surface area (Å²) in [5.74, 6) is 0.167. The van der Waals surface area contributed by atoms with E-state index in [9.17, 15) is 9.59 Å². The van der Waals surface area contributed by atoms with Crippen LogP contribution in [0.4, 0.5) is 0 Å². The molecule has 2 aromatic rings. The molecule has 1 aromatic heterocycles. The van der Waals surface area contributed by atoms with Crippen LogP contribution in [0.5, 0.6) is 0 Å². The van der Waals surface area contributed by atoms with Gasteiger partial charge in [0.15, 0.2) is 0 Å². The lowest BCUT2D eigenvalue weighted by atomic mass is 10.1. The molecule has 0 radical (unpaired) electrons. The number of morpholine rings is 1. The topological polar surface area (TPSA) is 75.3 Å². The molecular weight excluding hydrogens is 282 g/mol. The van der Waals surface area contributed by atoms with Gasteiger partial charge in [-0.05, 0) is 13.0 Å². The molecule has 0 aliphatic carbocycles. The molecule has 0 bridgehead atoms. The van der Waals surface area contributed by atoms with Crippen molar-refractivity contribution in [3.63, 3.8) is 0 Å². The average molecular weight is 299 g/mol. The lowest BCUT2D eigenvalue weighted by molar-refractivity contribution is 0.0301. The lowest BCUT2D eigenvalue weighted by Gasteiger charge is -2.26. The Morgan fingerprint density at radius 2 is 2.09 bits per heavy atom. The Balaban J connectivity index is 1.89. The van der Waals surface area contributed by atoms with Crippen molar-refractivity contribution < 1.29 is 9.53 Å². The van der Waals surface area contributed by atoms with Crippen LogP contribution in [0.25, 0.3) is 11.4 Å². The van der Waals surface area contributed by atoms with Crippen LogP contribution in [-0.2, 0) is 4.74 Å². The Hall–Kier alpha value is -2.47. The molecule has 6 heteroatoms. The van der Waals surface area contributed by atoms with Gasteiger partial charge in [-0.25, -0.2) is 4.98 Å². The van der Waals surface area contributed by atoms with E-state index < -0.39 is 5.56 Å². The van der Waals surface area contributed by atoms with Gasteiger partial charge in [0.25, 0.3) is 11.5 Å². The van der Waals surface area contributed by atoms with Crippen molar-refractivity contribution in [2.24, 2.45) is 0 Å². The highest BCUT2D eigenvalue weighted by atomic mass is 16.5. The van der Waals surface area contributed by atoms with E-state index in [2.05, 4.69) is 9.97 Å². The third-order valence-corrected chi connectivity index (χ3v) is 3.62. The summed E-state index contributed by atoms with van der Waals surface area (Å²) in [4.78, 5) is 33.1. The van der Waals surface area contributed by atoms with Crippen molar-refractivity contribution in [2.45, 2.75) is 6.92 Å². The molecule has 3 rings (SSSR count). The van der Waals surface area contributed by atoms with Crippen molar-refractivity contribution in [1.29, 1.82) is 0 Å². The normalized spacial score (nSPS) is 14.9. The van der Waals surface area contributed by atoms with E-state index in [4.69, 9.17) is 4.74 Å². The van der Waals surface area contributed by atoms with Crippen LogP contribution >= 0.6 is 0 Å². The van der Waals surface area contributed by atoms with Crippen LogP contribution in [-0.4, -0.2) is 47.1 Å². The maximum Gasteiger partial charge on any atom is 0.264 e. The maximum absolute atomic E-state index is 12.3. The second-order valence-electron chi connectivity index (χ2n) is 5.25. The van der Waals surface area contributed by atoms with E-state index in [0.29, 0.717) is 32.1 Å². The first kappa shape index (κ1) is 14.5. The van der Waals surface area contributed by atoms with E-state index in [0.717, 1.165) is 11.1 Å². The summed E-state index contributed by atoms with van der Waals surface area (Å²) < 4.78 is 5.21. The minimum absolute atomic E-state index is 0.0679. The van der Waals surface area contributed by atoms with E-state index >= 15 is 0 Å². The van der Waals surface area contributed by atoms with Gasteiger partial charge in [-0.15, -0.1) is 0 Å². The number of rotatable bonds is 2. The molecule has 1 aromatic carbocycles. The molecule has 6 nitrogen and oxygen atoms in total. The SMILES string of the molecule is Cc1cccc(-c2ncc(C(=O)N3CCOCC3)c(=O)[nH]2)c1. The van der Waals surface area contributed by atoms with Gasteiger partial charge in [-0.2, -0.15) is 0 Å². The number of ether oxygens (including phenoxy) is 1. The number of hydrogen-bond donors (Lipinski definition) is 1. The molecule has 22 heavy (non-hydrogen) atoms. The number of aryl methyl sites for hydroxylation is 1. The Morgan fingerprint density at radius 1 is 1.32 bits per heavy atom. The number of H-pyrrole nitrogens is 1. The number of hydrogen-bond acceptors (Lipinski definition) is 4. The van der Waals surface area contributed by atoms with Crippen LogP contribution in [0.2, 0.25) is 0 Å². The van der Waals surface area contributed by atoms with Crippen LogP contribution in [0.15, 0.2) is 35.3 Å². The first-order valence-electron chi connectivity index (χ1n) is 7.18. The molecule has 1 aliphatic heterocycles. The van der Waals surface area contributed by atoms with Gasteiger partial charge in [0.2, 0.25) is 0 Å². The largest absolute Gasteiger partial charge is 0.378 e. The van der Waals surface area contributed by atoms with E-state index in [1.165, 1.54) is 6.20 Å². The Morgan fingerprint density at radius 3 is 2.77 bits per heavy atom. The fraction of sp³-hybridized carbons (Fsp3) is 0.312. The van der Waals surface area contributed by atoms with Crippen molar-refractivity contribution in [3.8, 4) is 11.4 Å². The first-order chi connectivity index (χ1) is 10.6. The quantitative estimate of drug-likeness (QED) is 0.904. The molecule has 114 valence electrons. The molecule has 1 N–H and O–H groups in total. The number of benzene rings is 1. The predicted molar refractivity (Wildman–Crippen MR) is 81.8 cm³/mol. The highest BCUT2D eigenvalue weighted by Gasteiger charge is 2.21. The van der Waals surface area contributed by atoms with Crippen molar-refractivity contribution >= 4 is 5.91 Å². The van der Waals surface area contributed by atoms with Gasteiger partial charge in [-0.3, -0.25) is 9.59 Å². The zero-order valence-corrected chi connectivity index (χ0v) is 12.3. The number of aromatic nitrogens is 2. The first-order valence-corrected chi connectivity index (χ1v) is 7.18. The monoisotopic (exact) mass is 299 g/mol. The minimum Gasteiger partial charge on any atom is -0.378 e. The molecule has 0 atom stereocenters. The van der Waals surface area contributed by atoms with E-state index in [1.54, 1.807) is 4.90 Å². The second-order valence-corrected chi connectivity index (χ2v) is 5.25. The Labute approximate surface area is 127 Å². The fourth-order valence-electron chi connectivity index (χ4n) is 2.42. The average Bonchev–Trinajstić information content (AvgIpc) is 2.55. The smallest absolute Gasteiger partial charge is 0.264 e. The summed E-state index contributed by atoms with van der Waals surface area (Å²) >= 11 is 0. The molecule has 0 spiro atoms.